The lowest BCUT2D eigenvalue weighted by Gasteiger charge is -2.12. The van der Waals surface area contributed by atoms with Gasteiger partial charge in [0.25, 0.3) is 0 Å². The van der Waals surface area contributed by atoms with E-state index in [4.69, 9.17) is 16.7 Å². The number of halogens is 1. The monoisotopic (exact) mass is 287 g/mol. The standard InChI is InChI=1S/C13H18ClNO2S/c1-10(6-7-16)15-13(17)9-18-8-11-2-4-12(14)5-3-11/h2-5,10,16H,6-9H2,1H3,(H,15,17). The number of aliphatic hydroxyl groups excluding tert-OH is 1. The second kappa shape index (κ2) is 8.40. The van der Waals surface area contributed by atoms with Crippen LogP contribution >= 0.6 is 23.4 Å². The second-order valence-corrected chi connectivity index (χ2v) is 5.52. The largest absolute Gasteiger partial charge is 0.396 e. The molecule has 0 heterocycles. The predicted molar refractivity (Wildman–Crippen MR) is 76.9 cm³/mol. The maximum Gasteiger partial charge on any atom is 0.230 e. The van der Waals surface area contributed by atoms with E-state index >= 15 is 0 Å². The Morgan fingerprint density at radius 3 is 2.72 bits per heavy atom. The van der Waals surface area contributed by atoms with Gasteiger partial charge in [0, 0.05) is 23.4 Å². The number of amides is 1. The van der Waals surface area contributed by atoms with Gasteiger partial charge in [-0.2, -0.15) is 0 Å². The Morgan fingerprint density at radius 2 is 2.11 bits per heavy atom. The molecule has 0 aliphatic heterocycles. The number of aliphatic hydroxyl groups is 1. The van der Waals surface area contributed by atoms with Crippen LogP contribution in [0.3, 0.4) is 0 Å². The van der Waals surface area contributed by atoms with E-state index in [1.807, 2.05) is 31.2 Å². The van der Waals surface area contributed by atoms with Crippen molar-refractivity contribution in [2.45, 2.75) is 25.1 Å². The van der Waals surface area contributed by atoms with Gasteiger partial charge in [0.2, 0.25) is 5.91 Å². The zero-order chi connectivity index (χ0) is 13.4. The summed E-state index contributed by atoms with van der Waals surface area (Å²) in [4.78, 5) is 11.5. The first-order chi connectivity index (χ1) is 8.61. The number of rotatable bonds is 7. The van der Waals surface area contributed by atoms with Gasteiger partial charge in [-0.1, -0.05) is 23.7 Å². The minimum Gasteiger partial charge on any atom is -0.396 e. The van der Waals surface area contributed by atoms with E-state index in [1.54, 1.807) is 11.8 Å². The van der Waals surface area contributed by atoms with Crippen LogP contribution in [0.2, 0.25) is 5.02 Å². The lowest BCUT2D eigenvalue weighted by atomic mass is 10.2. The summed E-state index contributed by atoms with van der Waals surface area (Å²) in [7, 11) is 0. The van der Waals surface area contributed by atoms with Crippen LogP contribution in [0.4, 0.5) is 0 Å². The van der Waals surface area contributed by atoms with Crippen LogP contribution in [-0.2, 0) is 10.5 Å². The molecule has 5 heteroatoms. The molecule has 1 aromatic rings. The average molecular weight is 288 g/mol. The first kappa shape index (κ1) is 15.3. The van der Waals surface area contributed by atoms with Gasteiger partial charge in [-0.3, -0.25) is 4.79 Å². The van der Waals surface area contributed by atoms with Gasteiger partial charge < -0.3 is 10.4 Å². The van der Waals surface area contributed by atoms with Crippen molar-refractivity contribution in [2.24, 2.45) is 0 Å². The van der Waals surface area contributed by atoms with Crippen LogP contribution in [0.1, 0.15) is 18.9 Å². The number of thioether (sulfide) groups is 1. The molecule has 0 saturated heterocycles. The van der Waals surface area contributed by atoms with E-state index in [-0.39, 0.29) is 18.6 Å². The van der Waals surface area contributed by atoms with Crippen molar-refractivity contribution in [3.05, 3.63) is 34.9 Å². The van der Waals surface area contributed by atoms with Crippen LogP contribution in [-0.4, -0.2) is 29.4 Å². The van der Waals surface area contributed by atoms with Crippen LogP contribution in [0.15, 0.2) is 24.3 Å². The Balaban J connectivity index is 2.21. The summed E-state index contributed by atoms with van der Waals surface area (Å²) in [6, 6.07) is 7.64. The maximum absolute atomic E-state index is 11.5. The predicted octanol–water partition coefficient (Wildman–Crippen LogP) is 2.46. The summed E-state index contributed by atoms with van der Waals surface area (Å²) in [5.74, 6) is 1.23. The summed E-state index contributed by atoms with van der Waals surface area (Å²) in [5.41, 5.74) is 1.15. The highest BCUT2D eigenvalue weighted by Gasteiger charge is 2.06. The third-order valence-corrected chi connectivity index (χ3v) is 3.64. The third-order valence-electron chi connectivity index (χ3n) is 2.38. The molecule has 1 unspecified atom stereocenters. The molecule has 0 spiro atoms. The van der Waals surface area contributed by atoms with Crippen molar-refractivity contribution in [3.8, 4) is 0 Å². The van der Waals surface area contributed by atoms with Crippen LogP contribution in [0.5, 0.6) is 0 Å². The van der Waals surface area contributed by atoms with E-state index in [9.17, 15) is 4.79 Å². The minimum absolute atomic E-state index is 0.00918. The van der Waals surface area contributed by atoms with Crippen molar-refractivity contribution in [3.63, 3.8) is 0 Å². The van der Waals surface area contributed by atoms with Gasteiger partial charge in [-0.15, -0.1) is 11.8 Å². The van der Waals surface area contributed by atoms with Gasteiger partial charge in [0.05, 0.1) is 5.75 Å². The molecular weight excluding hydrogens is 270 g/mol. The highest BCUT2D eigenvalue weighted by molar-refractivity contribution is 7.99. The van der Waals surface area contributed by atoms with E-state index in [0.717, 1.165) is 16.3 Å². The van der Waals surface area contributed by atoms with Crippen molar-refractivity contribution in [1.82, 2.24) is 5.32 Å². The average Bonchev–Trinajstić information content (AvgIpc) is 2.32. The maximum atomic E-state index is 11.5. The Labute approximate surface area is 117 Å². The Morgan fingerprint density at radius 1 is 1.44 bits per heavy atom. The molecule has 18 heavy (non-hydrogen) atoms. The first-order valence-corrected chi connectivity index (χ1v) is 7.37. The van der Waals surface area contributed by atoms with Crippen LogP contribution in [0, 0.1) is 0 Å². The fourth-order valence-corrected chi connectivity index (χ4v) is 2.35. The topological polar surface area (TPSA) is 49.3 Å². The summed E-state index contributed by atoms with van der Waals surface area (Å²) in [6.07, 6.45) is 0.591. The van der Waals surface area contributed by atoms with Gasteiger partial charge >= 0.3 is 0 Å². The minimum atomic E-state index is 0.00918. The van der Waals surface area contributed by atoms with E-state index < -0.39 is 0 Å². The number of hydrogen-bond donors (Lipinski definition) is 2. The molecule has 1 atom stereocenters. The lowest BCUT2D eigenvalue weighted by Crippen LogP contribution is -2.34. The molecule has 0 aliphatic rings. The number of hydrogen-bond acceptors (Lipinski definition) is 3. The van der Waals surface area contributed by atoms with Crippen molar-refractivity contribution in [2.75, 3.05) is 12.4 Å². The highest BCUT2D eigenvalue weighted by atomic mass is 35.5. The van der Waals surface area contributed by atoms with Crippen molar-refractivity contribution in [1.29, 1.82) is 0 Å². The molecule has 1 aromatic carbocycles. The number of carbonyl (C=O) groups excluding carboxylic acids is 1. The SMILES string of the molecule is CC(CCO)NC(=O)CSCc1ccc(Cl)cc1. The van der Waals surface area contributed by atoms with E-state index in [0.29, 0.717) is 12.2 Å². The summed E-state index contributed by atoms with van der Waals surface area (Å²) >= 11 is 7.35. The third kappa shape index (κ3) is 6.28. The fourth-order valence-electron chi connectivity index (χ4n) is 1.42. The molecule has 0 saturated carbocycles. The quantitative estimate of drug-likeness (QED) is 0.810. The van der Waals surface area contributed by atoms with Gasteiger partial charge in [0.15, 0.2) is 0 Å². The molecule has 1 rings (SSSR count). The number of benzene rings is 1. The van der Waals surface area contributed by atoms with Crippen LogP contribution < -0.4 is 5.32 Å². The molecule has 0 radical (unpaired) electrons. The van der Waals surface area contributed by atoms with Crippen molar-refractivity contribution < 1.29 is 9.90 Å². The summed E-state index contributed by atoms with van der Waals surface area (Å²) in [6.45, 7) is 1.98. The molecule has 0 aromatic heterocycles. The van der Waals surface area contributed by atoms with Gasteiger partial charge in [-0.25, -0.2) is 0 Å². The highest BCUT2D eigenvalue weighted by Crippen LogP contribution is 2.15. The molecule has 0 aliphatic carbocycles. The second-order valence-electron chi connectivity index (χ2n) is 4.10. The smallest absolute Gasteiger partial charge is 0.230 e. The lowest BCUT2D eigenvalue weighted by molar-refractivity contribution is -0.119. The molecule has 1 amide bonds. The molecular formula is C13H18ClNO2S. The number of nitrogens with one attached hydrogen (secondary N) is 1. The van der Waals surface area contributed by atoms with Crippen molar-refractivity contribution >= 4 is 29.3 Å². The molecule has 2 N–H and O–H groups in total. The normalized spacial score (nSPS) is 12.2. The molecule has 100 valence electrons. The Hall–Kier alpha value is -0.710. The fraction of sp³-hybridized carbons (Fsp3) is 0.462. The van der Waals surface area contributed by atoms with Crippen LogP contribution in [0.25, 0.3) is 0 Å². The zero-order valence-corrected chi connectivity index (χ0v) is 11.9. The molecule has 3 nitrogen and oxygen atoms in total. The zero-order valence-electron chi connectivity index (χ0n) is 10.4. The van der Waals surface area contributed by atoms with E-state index in [1.165, 1.54) is 0 Å². The number of carbonyl (C=O) groups is 1. The van der Waals surface area contributed by atoms with E-state index in [2.05, 4.69) is 5.32 Å². The molecule has 0 fully saturated rings. The van der Waals surface area contributed by atoms with Gasteiger partial charge in [0.1, 0.15) is 0 Å². The Bertz CT molecular complexity index is 370. The first-order valence-electron chi connectivity index (χ1n) is 5.84. The van der Waals surface area contributed by atoms with Gasteiger partial charge in [-0.05, 0) is 31.0 Å². The Kier molecular flexibility index (Phi) is 7.16. The summed E-state index contributed by atoms with van der Waals surface area (Å²) < 4.78 is 0. The molecule has 0 bridgehead atoms. The summed E-state index contributed by atoms with van der Waals surface area (Å²) in [5, 5.41) is 12.3.